The minimum absolute atomic E-state index is 0.0481. The Morgan fingerprint density at radius 3 is 1.96 bits per heavy atom. The molecule has 0 aliphatic carbocycles. The lowest BCUT2D eigenvalue weighted by Gasteiger charge is -2.39. The molecule has 0 spiro atoms. The molecular formula is C46H56F3N3O2. The third-order valence-corrected chi connectivity index (χ3v) is 9.98. The molecule has 5 nitrogen and oxygen atoms in total. The molecule has 54 heavy (non-hydrogen) atoms. The first-order valence-electron chi connectivity index (χ1n) is 19.0. The molecule has 4 rings (SSSR count). The van der Waals surface area contributed by atoms with Crippen LogP contribution in [0.3, 0.4) is 0 Å². The van der Waals surface area contributed by atoms with E-state index in [1.165, 1.54) is 35.4 Å². The molecule has 0 unspecified atom stereocenters. The topological polar surface area (TPSA) is 43.9 Å². The van der Waals surface area contributed by atoms with Crippen LogP contribution in [0.15, 0.2) is 116 Å². The molecule has 3 aromatic carbocycles. The van der Waals surface area contributed by atoms with Gasteiger partial charge in [-0.2, -0.15) is 13.2 Å². The zero-order valence-corrected chi connectivity index (χ0v) is 32.4. The zero-order valence-electron chi connectivity index (χ0n) is 32.4. The number of aryl methyl sites for hydroxylation is 1. The molecule has 1 aliphatic rings. The van der Waals surface area contributed by atoms with Gasteiger partial charge in [0.2, 0.25) is 11.8 Å². The number of hydrogen-bond donors (Lipinski definition) is 0. The van der Waals surface area contributed by atoms with E-state index < -0.39 is 23.7 Å². The maximum atomic E-state index is 14.7. The van der Waals surface area contributed by atoms with E-state index in [-0.39, 0.29) is 17.9 Å². The number of rotatable bonds is 16. The monoisotopic (exact) mass is 739 g/mol. The fourth-order valence-electron chi connectivity index (χ4n) is 6.60. The second kappa shape index (κ2) is 19.6. The van der Waals surface area contributed by atoms with Gasteiger partial charge in [-0.15, -0.1) is 0 Å². The molecular weight excluding hydrogens is 684 g/mol. The van der Waals surface area contributed by atoms with Gasteiger partial charge in [0.15, 0.2) is 0 Å². The molecule has 0 bridgehead atoms. The van der Waals surface area contributed by atoms with Crippen molar-refractivity contribution in [2.45, 2.75) is 84.0 Å². The molecule has 3 aromatic rings. The van der Waals surface area contributed by atoms with Crippen LogP contribution in [0.4, 0.5) is 13.2 Å². The summed E-state index contributed by atoms with van der Waals surface area (Å²) in [6.45, 7) is 19.6. The second-order valence-electron chi connectivity index (χ2n) is 15.1. The average molecular weight is 740 g/mol. The summed E-state index contributed by atoms with van der Waals surface area (Å²) in [6, 6.07) is 20.3. The van der Waals surface area contributed by atoms with Crippen LogP contribution in [0.25, 0.3) is 6.08 Å². The van der Waals surface area contributed by atoms with Crippen LogP contribution in [-0.2, 0) is 40.6 Å². The first-order chi connectivity index (χ1) is 25.7. The van der Waals surface area contributed by atoms with Crippen LogP contribution in [-0.4, -0.2) is 65.3 Å². The molecule has 1 fully saturated rings. The summed E-state index contributed by atoms with van der Waals surface area (Å²) in [5.74, 6) is -0.525. The van der Waals surface area contributed by atoms with E-state index in [1.807, 2.05) is 41.3 Å². The summed E-state index contributed by atoms with van der Waals surface area (Å²) in [5.41, 5.74) is 4.91. The molecule has 1 saturated heterocycles. The standard InChI is InChI=1S/C46H56F3N3O2/c1-7-10-11-13-36-14-16-39(17-15-36)34-52(43(53)27-22-37-18-25-41(26-19-37)46(47,48)49)42(32-38-20-23-40(24-21-38)45(4,5)6)44(54)51-30-28-50(29-31-51)33-35(9-3)12-8-2/h8-9,12,14-27,42H,2-3,7,10-11,13,28-34H2,1,4-6H3/b27-22+,35-12+/t42-/m0/s1. The number of nitrogens with zero attached hydrogens (tertiary/aromatic N) is 3. The summed E-state index contributed by atoms with van der Waals surface area (Å²) in [7, 11) is 0. The first-order valence-corrected chi connectivity index (χ1v) is 19.0. The highest BCUT2D eigenvalue weighted by atomic mass is 19.4. The molecule has 0 saturated carbocycles. The van der Waals surface area contributed by atoms with Gasteiger partial charge in [0.05, 0.1) is 5.56 Å². The second-order valence-corrected chi connectivity index (χ2v) is 15.1. The molecule has 0 N–H and O–H groups in total. The Morgan fingerprint density at radius 2 is 1.41 bits per heavy atom. The molecule has 288 valence electrons. The molecule has 2 amide bonds. The Kier molecular flexibility index (Phi) is 15.3. The number of piperazine rings is 1. The third kappa shape index (κ3) is 12.4. The lowest BCUT2D eigenvalue weighted by molar-refractivity contribution is -0.145. The highest BCUT2D eigenvalue weighted by molar-refractivity contribution is 5.95. The Morgan fingerprint density at radius 1 is 0.815 bits per heavy atom. The minimum atomic E-state index is -4.46. The summed E-state index contributed by atoms with van der Waals surface area (Å²) < 4.78 is 39.7. The van der Waals surface area contributed by atoms with Gasteiger partial charge in [0.1, 0.15) is 6.04 Å². The molecule has 0 radical (unpaired) electrons. The largest absolute Gasteiger partial charge is 0.416 e. The van der Waals surface area contributed by atoms with Gasteiger partial charge in [-0.25, -0.2) is 0 Å². The van der Waals surface area contributed by atoms with Gasteiger partial charge in [-0.1, -0.05) is 133 Å². The quantitative estimate of drug-likeness (QED) is 0.0835. The number of hydrogen-bond acceptors (Lipinski definition) is 3. The number of allylic oxidation sites excluding steroid dienone is 2. The number of carbonyl (C=O) groups is 2. The number of carbonyl (C=O) groups excluding carboxylic acids is 2. The van der Waals surface area contributed by atoms with Crippen LogP contribution in [0.1, 0.15) is 80.3 Å². The molecule has 1 heterocycles. The van der Waals surface area contributed by atoms with Crippen molar-refractivity contribution < 1.29 is 22.8 Å². The van der Waals surface area contributed by atoms with E-state index in [0.717, 1.165) is 54.5 Å². The van der Waals surface area contributed by atoms with E-state index in [1.54, 1.807) is 11.0 Å². The fraction of sp³-hybridized carbons (Fsp3) is 0.391. The number of benzene rings is 3. The Hall–Kier alpha value is -4.69. The van der Waals surface area contributed by atoms with E-state index in [0.29, 0.717) is 44.7 Å². The Balaban J connectivity index is 1.68. The molecule has 1 atom stereocenters. The van der Waals surface area contributed by atoms with Crippen molar-refractivity contribution in [3.05, 3.63) is 149 Å². The minimum Gasteiger partial charge on any atom is -0.338 e. The highest BCUT2D eigenvalue weighted by Crippen LogP contribution is 2.29. The van der Waals surface area contributed by atoms with Crippen molar-refractivity contribution >= 4 is 17.9 Å². The van der Waals surface area contributed by atoms with E-state index >= 15 is 0 Å². The van der Waals surface area contributed by atoms with Crippen LogP contribution in [0.2, 0.25) is 0 Å². The normalized spacial score (nSPS) is 14.9. The zero-order chi connectivity index (χ0) is 39.3. The summed E-state index contributed by atoms with van der Waals surface area (Å²) in [4.78, 5) is 34.8. The van der Waals surface area contributed by atoms with E-state index in [2.05, 4.69) is 70.0 Å². The van der Waals surface area contributed by atoms with Gasteiger partial charge in [-0.3, -0.25) is 14.5 Å². The van der Waals surface area contributed by atoms with Crippen molar-refractivity contribution in [2.75, 3.05) is 32.7 Å². The Labute approximate surface area is 320 Å². The maximum absolute atomic E-state index is 14.7. The van der Waals surface area contributed by atoms with E-state index in [9.17, 15) is 22.8 Å². The van der Waals surface area contributed by atoms with Crippen LogP contribution < -0.4 is 0 Å². The number of halogens is 3. The molecule has 1 aliphatic heterocycles. The maximum Gasteiger partial charge on any atom is 0.416 e. The third-order valence-electron chi connectivity index (χ3n) is 9.98. The fourth-order valence-corrected chi connectivity index (χ4v) is 6.60. The van der Waals surface area contributed by atoms with Crippen molar-refractivity contribution in [2.24, 2.45) is 0 Å². The van der Waals surface area contributed by atoms with Crippen LogP contribution in [0.5, 0.6) is 0 Å². The van der Waals surface area contributed by atoms with Gasteiger partial charge < -0.3 is 9.80 Å². The van der Waals surface area contributed by atoms with E-state index in [4.69, 9.17) is 0 Å². The Bertz CT molecular complexity index is 1740. The molecule has 0 aromatic heterocycles. The molecule has 8 heteroatoms. The van der Waals surface area contributed by atoms with Crippen molar-refractivity contribution in [1.82, 2.24) is 14.7 Å². The van der Waals surface area contributed by atoms with Gasteiger partial charge >= 0.3 is 6.18 Å². The summed E-state index contributed by atoms with van der Waals surface area (Å²) >= 11 is 0. The average Bonchev–Trinajstić information content (AvgIpc) is 3.15. The predicted octanol–water partition coefficient (Wildman–Crippen LogP) is 9.83. The SMILES string of the molecule is C=C/C=C(\C=C)CN1CCN(C(=O)[C@H](Cc2ccc(C(C)(C)C)cc2)N(Cc2ccc(CCCCC)cc2)C(=O)/C=C/c2ccc(C(F)(F)F)cc2)CC1. The lowest BCUT2D eigenvalue weighted by atomic mass is 9.86. The predicted molar refractivity (Wildman–Crippen MR) is 215 cm³/mol. The van der Waals surface area contributed by atoms with Gasteiger partial charge in [-0.05, 0) is 69.9 Å². The number of unbranched alkanes of at least 4 members (excludes halogenated alkanes) is 2. The number of alkyl halides is 3. The van der Waals surface area contributed by atoms with Crippen LogP contribution in [0, 0.1) is 0 Å². The van der Waals surface area contributed by atoms with Gasteiger partial charge in [0, 0.05) is 51.8 Å². The summed E-state index contributed by atoms with van der Waals surface area (Å²) in [5, 5.41) is 0. The van der Waals surface area contributed by atoms with Gasteiger partial charge in [0.25, 0.3) is 0 Å². The van der Waals surface area contributed by atoms with Crippen molar-refractivity contribution in [1.29, 1.82) is 0 Å². The first kappa shape index (κ1) is 42.1. The van der Waals surface area contributed by atoms with Crippen molar-refractivity contribution in [3.63, 3.8) is 0 Å². The number of amides is 2. The van der Waals surface area contributed by atoms with Crippen molar-refractivity contribution in [3.8, 4) is 0 Å². The summed E-state index contributed by atoms with van der Waals surface area (Å²) in [6.07, 6.45) is 8.60. The lowest BCUT2D eigenvalue weighted by Crippen LogP contribution is -2.56. The smallest absolute Gasteiger partial charge is 0.338 e. The van der Waals surface area contributed by atoms with Crippen LogP contribution >= 0.6 is 0 Å². The highest BCUT2D eigenvalue weighted by Gasteiger charge is 2.34.